The SMILES string of the molecule is CCCCS(=O)(=O)OS1(CC(=O)CC)CCCC1. The highest BCUT2D eigenvalue weighted by Gasteiger charge is 2.35. The fraction of sp³-hybridized carbons (Fsp3) is 0.917. The zero-order valence-electron chi connectivity index (χ0n) is 11.3. The normalized spacial score (nSPS) is 20.8. The fourth-order valence-corrected chi connectivity index (χ4v) is 8.19. The van der Waals surface area contributed by atoms with E-state index in [0.717, 1.165) is 30.8 Å². The number of carbonyl (C=O) groups excluding carboxylic acids is 1. The Morgan fingerprint density at radius 2 is 1.83 bits per heavy atom. The third-order valence-corrected chi connectivity index (χ3v) is 8.78. The van der Waals surface area contributed by atoms with Crippen LogP contribution in [0.4, 0.5) is 0 Å². The first kappa shape index (κ1) is 16.0. The van der Waals surface area contributed by atoms with Crippen molar-refractivity contribution < 1.29 is 16.8 Å². The monoisotopic (exact) mass is 296 g/mol. The van der Waals surface area contributed by atoms with Crippen LogP contribution in [0.25, 0.3) is 0 Å². The third kappa shape index (κ3) is 4.90. The maximum atomic E-state index is 11.9. The zero-order valence-corrected chi connectivity index (χ0v) is 12.9. The smallest absolute Gasteiger partial charge is 0.276 e. The second kappa shape index (κ2) is 6.91. The number of rotatable bonds is 8. The van der Waals surface area contributed by atoms with E-state index in [2.05, 4.69) is 0 Å². The summed E-state index contributed by atoms with van der Waals surface area (Å²) >= 11 is 0. The average Bonchev–Trinajstić information content (AvgIpc) is 2.73. The minimum atomic E-state index is -3.45. The van der Waals surface area contributed by atoms with E-state index >= 15 is 0 Å². The molecule has 0 aliphatic carbocycles. The highest BCUT2D eigenvalue weighted by atomic mass is 32.3. The molecule has 1 saturated heterocycles. The molecule has 0 aromatic carbocycles. The van der Waals surface area contributed by atoms with Crippen molar-refractivity contribution in [1.82, 2.24) is 0 Å². The van der Waals surface area contributed by atoms with E-state index in [1.807, 2.05) is 13.8 Å². The molecule has 0 bridgehead atoms. The van der Waals surface area contributed by atoms with Gasteiger partial charge in [-0.2, -0.15) is 8.42 Å². The van der Waals surface area contributed by atoms with Crippen LogP contribution in [0.5, 0.6) is 0 Å². The third-order valence-electron chi connectivity index (χ3n) is 3.10. The van der Waals surface area contributed by atoms with E-state index < -0.39 is 20.4 Å². The van der Waals surface area contributed by atoms with Gasteiger partial charge in [0.25, 0.3) is 10.1 Å². The van der Waals surface area contributed by atoms with Crippen molar-refractivity contribution in [1.29, 1.82) is 0 Å². The lowest BCUT2D eigenvalue weighted by atomic mass is 10.4. The van der Waals surface area contributed by atoms with Gasteiger partial charge in [-0.25, -0.2) is 3.63 Å². The molecule has 18 heavy (non-hydrogen) atoms. The Bertz CT molecular complexity index is 370. The van der Waals surface area contributed by atoms with Crippen molar-refractivity contribution >= 4 is 26.2 Å². The van der Waals surface area contributed by atoms with Crippen molar-refractivity contribution in [3.63, 3.8) is 0 Å². The fourth-order valence-electron chi connectivity index (χ4n) is 2.04. The van der Waals surface area contributed by atoms with E-state index in [1.54, 1.807) is 0 Å². The van der Waals surface area contributed by atoms with Crippen LogP contribution < -0.4 is 0 Å². The van der Waals surface area contributed by atoms with Crippen molar-refractivity contribution in [2.45, 2.75) is 46.0 Å². The van der Waals surface area contributed by atoms with Crippen LogP contribution in [0.1, 0.15) is 46.0 Å². The summed E-state index contributed by atoms with van der Waals surface area (Å²) in [5.41, 5.74) is 0. The summed E-state index contributed by atoms with van der Waals surface area (Å²) in [5.74, 6) is 2.07. The van der Waals surface area contributed by atoms with Crippen LogP contribution in [0.15, 0.2) is 0 Å². The quantitative estimate of drug-likeness (QED) is 0.691. The van der Waals surface area contributed by atoms with Gasteiger partial charge < -0.3 is 0 Å². The lowest BCUT2D eigenvalue weighted by Gasteiger charge is -2.33. The van der Waals surface area contributed by atoms with E-state index in [4.69, 9.17) is 3.63 Å². The Morgan fingerprint density at radius 3 is 2.33 bits per heavy atom. The first-order valence-electron chi connectivity index (χ1n) is 6.65. The molecule has 108 valence electrons. The van der Waals surface area contributed by atoms with Crippen molar-refractivity contribution in [2.75, 3.05) is 23.0 Å². The average molecular weight is 296 g/mol. The summed E-state index contributed by atoms with van der Waals surface area (Å²) in [5, 5.41) is 0. The molecule has 1 fully saturated rings. The molecule has 0 atom stereocenters. The molecular formula is C12H24O4S2. The summed E-state index contributed by atoms with van der Waals surface area (Å²) in [6.45, 7) is 3.77. The van der Waals surface area contributed by atoms with Gasteiger partial charge in [-0.3, -0.25) is 4.79 Å². The Hall–Kier alpha value is -0.0700. The topological polar surface area (TPSA) is 60.4 Å². The molecule has 6 heteroatoms. The van der Waals surface area contributed by atoms with E-state index in [-0.39, 0.29) is 11.5 Å². The number of ketones is 1. The zero-order chi connectivity index (χ0) is 13.6. The number of hydrogen-bond acceptors (Lipinski definition) is 4. The van der Waals surface area contributed by atoms with Crippen molar-refractivity contribution in [3.8, 4) is 0 Å². The molecule has 0 unspecified atom stereocenters. The summed E-state index contributed by atoms with van der Waals surface area (Å²) < 4.78 is 29.3. The molecule has 1 aliphatic rings. The molecule has 0 amide bonds. The Kier molecular flexibility index (Phi) is 6.14. The van der Waals surface area contributed by atoms with Gasteiger partial charge in [-0.15, -0.1) is 10.3 Å². The number of unbranched alkanes of at least 4 members (excludes halogenated alkanes) is 1. The predicted octanol–water partition coefficient (Wildman–Crippen LogP) is 2.63. The summed E-state index contributed by atoms with van der Waals surface area (Å²) in [6, 6.07) is 0. The first-order valence-corrected chi connectivity index (χ1v) is 10.3. The molecule has 0 spiro atoms. The van der Waals surface area contributed by atoms with Crippen LogP contribution >= 0.6 is 10.3 Å². The van der Waals surface area contributed by atoms with E-state index in [1.165, 1.54) is 0 Å². The second-order valence-corrected chi connectivity index (χ2v) is 9.91. The van der Waals surface area contributed by atoms with Crippen LogP contribution in [0.2, 0.25) is 0 Å². The molecule has 1 rings (SSSR count). The number of hydrogen-bond donors (Lipinski definition) is 0. The summed E-state index contributed by atoms with van der Waals surface area (Å²) in [7, 11) is -5.15. The molecular weight excluding hydrogens is 272 g/mol. The number of carbonyl (C=O) groups is 1. The molecule has 0 aromatic rings. The van der Waals surface area contributed by atoms with Crippen LogP contribution in [0, 0.1) is 0 Å². The predicted molar refractivity (Wildman–Crippen MR) is 76.5 cm³/mol. The Labute approximate surface area is 112 Å². The summed E-state index contributed by atoms with van der Waals surface area (Å²) in [6.07, 6.45) is 3.89. The number of Topliss-reactive ketones (excluding diaryl/α,β-unsaturated/α-hetero) is 1. The van der Waals surface area contributed by atoms with Crippen LogP contribution in [0.3, 0.4) is 0 Å². The molecule has 1 aliphatic heterocycles. The van der Waals surface area contributed by atoms with Gasteiger partial charge in [0.2, 0.25) is 0 Å². The van der Waals surface area contributed by atoms with E-state index in [0.29, 0.717) is 18.6 Å². The minimum absolute atomic E-state index is 0.0819. The largest absolute Gasteiger partial charge is 0.299 e. The molecule has 0 aromatic heterocycles. The van der Waals surface area contributed by atoms with Gasteiger partial charge in [0.1, 0.15) is 5.78 Å². The molecule has 1 heterocycles. The highest BCUT2D eigenvalue weighted by Crippen LogP contribution is 2.56. The van der Waals surface area contributed by atoms with Gasteiger partial charge >= 0.3 is 0 Å². The van der Waals surface area contributed by atoms with Crippen LogP contribution in [-0.2, 0) is 18.5 Å². The standard InChI is InChI=1S/C12H24O4S2/c1-3-5-10-18(14,15)16-17(8-6-7-9-17)11-12(13)4-2/h3-11H2,1-2H3. The van der Waals surface area contributed by atoms with Gasteiger partial charge in [0, 0.05) is 17.9 Å². The van der Waals surface area contributed by atoms with Gasteiger partial charge in [0.15, 0.2) is 0 Å². The maximum absolute atomic E-state index is 11.9. The Morgan fingerprint density at radius 1 is 1.22 bits per heavy atom. The second-order valence-electron chi connectivity index (χ2n) is 4.80. The minimum Gasteiger partial charge on any atom is -0.299 e. The van der Waals surface area contributed by atoms with Crippen molar-refractivity contribution in [3.05, 3.63) is 0 Å². The van der Waals surface area contributed by atoms with Gasteiger partial charge in [0.05, 0.1) is 11.5 Å². The van der Waals surface area contributed by atoms with E-state index in [9.17, 15) is 13.2 Å². The van der Waals surface area contributed by atoms with Crippen molar-refractivity contribution in [2.24, 2.45) is 0 Å². The molecule has 0 N–H and O–H groups in total. The molecule has 4 nitrogen and oxygen atoms in total. The van der Waals surface area contributed by atoms with Gasteiger partial charge in [-0.05, 0) is 19.3 Å². The highest BCUT2D eigenvalue weighted by molar-refractivity contribution is 8.33. The lowest BCUT2D eigenvalue weighted by Crippen LogP contribution is -2.22. The maximum Gasteiger partial charge on any atom is 0.276 e. The van der Waals surface area contributed by atoms with Gasteiger partial charge in [-0.1, -0.05) is 20.3 Å². The Balaban J connectivity index is 2.70. The van der Waals surface area contributed by atoms with Crippen LogP contribution in [-0.4, -0.2) is 37.2 Å². The molecule has 0 radical (unpaired) electrons. The first-order chi connectivity index (χ1) is 8.43. The lowest BCUT2D eigenvalue weighted by molar-refractivity contribution is -0.116. The molecule has 0 saturated carbocycles. The summed E-state index contributed by atoms with van der Waals surface area (Å²) in [4.78, 5) is 11.6.